The third-order valence-electron chi connectivity index (χ3n) is 6.09. The number of amides is 1. The number of aliphatic hydroxyl groups is 1. The molecule has 38 heavy (non-hydrogen) atoms. The molecule has 0 aromatic heterocycles. The normalized spacial score (nSPS) is 16.7. The van der Waals surface area contributed by atoms with E-state index in [9.17, 15) is 14.7 Å². The first-order chi connectivity index (χ1) is 18.1. The average Bonchev–Trinajstić information content (AvgIpc) is 3.13. The van der Waals surface area contributed by atoms with E-state index in [0.29, 0.717) is 17.1 Å². The van der Waals surface area contributed by atoms with Gasteiger partial charge >= 0.3 is 0 Å². The first kappa shape index (κ1) is 27.4. The van der Waals surface area contributed by atoms with Crippen molar-refractivity contribution < 1.29 is 28.9 Å². The molecule has 0 spiro atoms. The maximum Gasteiger partial charge on any atom is 0.295 e. The predicted octanol–water partition coefficient (Wildman–Crippen LogP) is 6.42. The topological polar surface area (TPSA) is 85.3 Å². The smallest absolute Gasteiger partial charge is 0.295 e. The van der Waals surface area contributed by atoms with E-state index in [2.05, 4.69) is 0 Å². The third-order valence-corrected chi connectivity index (χ3v) is 6.59. The highest BCUT2D eigenvalue weighted by molar-refractivity contribution is 6.46. The molecular weight excluding hydrogens is 529 g/mol. The fourth-order valence-corrected chi connectivity index (χ4v) is 4.98. The molecule has 7 nitrogen and oxygen atoms in total. The maximum atomic E-state index is 13.4. The Bertz CT molecular complexity index is 1380. The summed E-state index contributed by atoms with van der Waals surface area (Å²) < 4.78 is 16.4. The van der Waals surface area contributed by atoms with Gasteiger partial charge in [-0.2, -0.15) is 0 Å². The number of hydrogen-bond acceptors (Lipinski definition) is 6. The van der Waals surface area contributed by atoms with Crippen LogP contribution in [-0.4, -0.2) is 42.0 Å². The monoisotopic (exact) mass is 555 g/mol. The van der Waals surface area contributed by atoms with Gasteiger partial charge in [-0.3, -0.25) is 9.59 Å². The number of ketones is 1. The maximum absolute atomic E-state index is 13.4. The van der Waals surface area contributed by atoms with Crippen molar-refractivity contribution in [2.75, 3.05) is 14.2 Å². The van der Waals surface area contributed by atoms with Crippen LogP contribution in [0.3, 0.4) is 0 Å². The van der Waals surface area contributed by atoms with Gasteiger partial charge in [-0.05, 0) is 61.4 Å². The van der Waals surface area contributed by atoms with Crippen LogP contribution in [0.4, 0.5) is 0 Å². The molecule has 1 heterocycles. The van der Waals surface area contributed by atoms with Crippen LogP contribution in [0.1, 0.15) is 36.6 Å². The van der Waals surface area contributed by atoms with Gasteiger partial charge in [0.2, 0.25) is 0 Å². The van der Waals surface area contributed by atoms with Crippen molar-refractivity contribution in [3.05, 3.63) is 93.0 Å². The van der Waals surface area contributed by atoms with Crippen LogP contribution in [0.15, 0.2) is 66.2 Å². The van der Waals surface area contributed by atoms with E-state index in [1.165, 1.54) is 24.1 Å². The lowest BCUT2D eigenvalue weighted by Crippen LogP contribution is -2.29. The van der Waals surface area contributed by atoms with E-state index in [4.69, 9.17) is 37.4 Å². The van der Waals surface area contributed by atoms with Crippen molar-refractivity contribution in [1.82, 2.24) is 4.90 Å². The number of nitrogens with zero attached hydrogens (tertiary/aromatic N) is 1. The molecule has 198 valence electrons. The zero-order chi connectivity index (χ0) is 27.6. The summed E-state index contributed by atoms with van der Waals surface area (Å²) >= 11 is 12.5. The molecule has 1 atom stereocenters. The number of rotatable bonds is 8. The largest absolute Gasteiger partial charge is 0.507 e. The number of Topliss-reactive ketones (excluding diaryl/α,β-unsaturated/α-hetero) is 1. The summed E-state index contributed by atoms with van der Waals surface area (Å²) in [5.41, 5.74) is 1.40. The third kappa shape index (κ3) is 5.44. The summed E-state index contributed by atoms with van der Waals surface area (Å²) in [5, 5.41) is 11.8. The highest BCUT2D eigenvalue weighted by atomic mass is 35.5. The summed E-state index contributed by atoms with van der Waals surface area (Å²) in [7, 11) is 2.93. The lowest BCUT2D eigenvalue weighted by molar-refractivity contribution is -0.140. The molecule has 3 aromatic carbocycles. The number of ether oxygens (including phenoxy) is 3. The van der Waals surface area contributed by atoms with Gasteiger partial charge in [0.1, 0.15) is 23.0 Å². The molecule has 1 fully saturated rings. The van der Waals surface area contributed by atoms with Crippen molar-refractivity contribution in [3.63, 3.8) is 0 Å². The van der Waals surface area contributed by atoms with E-state index in [1.807, 2.05) is 38.1 Å². The van der Waals surface area contributed by atoms with E-state index >= 15 is 0 Å². The number of aliphatic hydroxyl groups excluding tert-OH is 1. The second kappa shape index (κ2) is 11.4. The molecule has 3 aromatic rings. The zero-order valence-corrected chi connectivity index (χ0v) is 22.8. The number of hydrogen-bond donors (Lipinski definition) is 1. The molecule has 9 heteroatoms. The van der Waals surface area contributed by atoms with Crippen LogP contribution < -0.4 is 14.2 Å². The number of carbonyl (C=O) groups is 2. The van der Waals surface area contributed by atoms with Crippen molar-refractivity contribution in [3.8, 4) is 17.2 Å². The van der Waals surface area contributed by atoms with E-state index in [1.54, 1.807) is 31.4 Å². The molecule has 1 aliphatic heterocycles. The van der Waals surface area contributed by atoms with E-state index < -0.39 is 23.5 Å². The summed E-state index contributed by atoms with van der Waals surface area (Å²) in [4.78, 5) is 28.2. The molecule has 1 N–H and O–H groups in total. The quantitative estimate of drug-likeness (QED) is 0.196. The van der Waals surface area contributed by atoms with Crippen molar-refractivity contribution in [2.24, 2.45) is 0 Å². The van der Waals surface area contributed by atoms with Crippen molar-refractivity contribution >= 4 is 40.7 Å². The van der Waals surface area contributed by atoms with Crippen LogP contribution in [0.25, 0.3) is 5.76 Å². The molecule has 0 aliphatic carbocycles. The van der Waals surface area contributed by atoms with Gasteiger partial charge in [-0.1, -0.05) is 47.5 Å². The Morgan fingerprint density at radius 2 is 1.58 bits per heavy atom. The summed E-state index contributed by atoms with van der Waals surface area (Å²) in [5.74, 6) is -0.581. The van der Waals surface area contributed by atoms with Gasteiger partial charge < -0.3 is 24.2 Å². The first-order valence-corrected chi connectivity index (χ1v) is 12.6. The molecule has 0 radical (unpaired) electrons. The van der Waals surface area contributed by atoms with E-state index in [-0.39, 0.29) is 39.6 Å². The predicted molar refractivity (Wildman–Crippen MR) is 146 cm³/mol. The van der Waals surface area contributed by atoms with Gasteiger partial charge in [0.15, 0.2) is 0 Å². The number of halogens is 2. The molecule has 0 bridgehead atoms. The number of likely N-dealkylation sites (tertiary alicyclic amines) is 1. The van der Waals surface area contributed by atoms with Gasteiger partial charge in [0.25, 0.3) is 11.7 Å². The fourth-order valence-electron chi connectivity index (χ4n) is 4.41. The van der Waals surface area contributed by atoms with Crippen LogP contribution in [0.5, 0.6) is 17.2 Å². The highest BCUT2D eigenvalue weighted by Crippen LogP contribution is 2.44. The Labute approximate surface area is 231 Å². The number of methoxy groups -OCH3 is 2. The fraction of sp³-hybridized carbons (Fsp3) is 0.241. The minimum Gasteiger partial charge on any atom is -0.507 e. The second-order valence-electron chi connectivity index (χ2n) is 8.98. The molecule has 4 rings (SSSR count). The zero-order valence-electron chi connectivity index (χ0n) is 21.3. The SMILES string of the molecule is COc1ccc(C2/C(=C(\O)c3cc(Cl)cc(Cl)c3OC)C(=O)C(=O)N2Cc2ccc(OC(C)C)cc2)cc1. The Morgan fingerprint density at radius 3 is 2.16 bits per heavy atom. The van der Waals surface area contributed by atoms with Crippen molar-refractivity contribution in [1.29, 1.82) is 0 Å². The van der Waals surface area contributed by atoms with Crippen LogP contribution in [-0.2, 0) is 16.1 Å². The Hall–Kier alpha value is -3.68. The Balaban J connectivity index is 1.84. The summed E-state index contributed by atoms with van der Waals surface area (Å²) in [6.07, 6.45) is 0.0192. The van der Waals surface area contributed by atoms with Crippen LogP contribution in [0, 0.1) is 0 Å². The molecular formula is C29H27Cl2NO6. The molecule has 1 unspecified atom stereocenters. The minimum absolute atomic E-state index is 0.0192. The Morgan fingerprint density at radius 1 is 0.947 bits per heavy atom. The van der Waals surface area contributed by atoms with Gasteiger partial charge in [0, 0.05) is 11.6 Å². The molecule has 0 saturated carbocycles. The number of carbonyl (C=O) groups excluding carboxylic acids is 2. The standard InChI is InChI=1S/C29H27Cl2NO6/c1-16(2)38-21-9-5-17(6-10-21)15-32-25(18-7-11-20(36-3)12-8-18)24(27(34)29(32)35)26(33)22-13-19(30)14-23(31)28(22)37-4/h5-14,16,25,33H,15H2,1-4H3/b26-24+. The Kier molecular flexibility index (Phi) is 8.19. The lowest BCUT2D eigenvalue weighted by Gasteiger charge is -2.26. The van der Waals surface area contributed by atoms with Gasteiger partial charge in [-0.25, -0.2) is 0 Å². The van der Waals surface area contributed by atoms with Crippen molar-refractivity contribution in [2.45, 2.75) is 32.5 Å². The average molecular weight is 556 g/mol. The minimum atomic E-state index is -0.894. The lowest BCUT2D eigenvalue weighted by atomic mass is 9.94. The number of benzene rings is 3. The van der Waals surface area contributed by atoms with Crippen LogP contribution >= 0.6 is 23.2 Å². The van der Waals surface area contributed by atoms with E-state index in [0.717, 1.165) is 5.56 Å². The molecule has 1 aliphatic rings. The second-order valence-corrected chi connectivity index (χ2v) is 9.82. The first-order valence-electron chi connectivity index (χ1n) is 11.9. The van der Waals surface area contributed by atoms with Gasteiger partial charge in [-0.15, -0.1) is 0 Å². The summed E-state index contributed by atoms with van der Waals surface area (Å²) in [6.45, 7) is 3.99. The van der Waals surface area contributed by atoms with Gasteiger partial charge in [0.05, 0.1) is 42.5 Å². The molecule has 1 amide bonds. The molecule has 1 saturated heterocycles. The highest BCUT2D eigenvalue weighted by Gasteiger charge is 2.46. The van der Waals surface area contributed by atoms with Crippen LogP contribution in [0.2, 0.25) is 10.0 Å². The summed E-state index contributed by atoms with van der Waals surface area (Å²) in [6, 6.07) is 16.3.